The fraction of sp³-hybridized carbons (Fsp3) is 0.304. The summed E-state index contributed by atoms with van der Waals surface area (Å²) in [6.45, 7) is 8.00. The van der Waals surface area contributed by atoms with Crippen LogP contribution >= 0.6 is 0 Å². The standard InChI is InChI=1S/C23H26N2O/c1-18(21(26)22(2,3)4)23(25-16-15-24-17-25,19-11-7-5-8-12-19)20-13-9-6-10-14-20/h5-18H,1-4H3. The van der Waals surface area contributed by atoms with Gasteiger partial charge in [-0.2, -0.15) is 0 Å². The van der Waals surface area contributed by atoms with Crippen molar-refractivity contribution >= 4 is 5.78 Å². The molecule has 0 aliphatic rings. The van der Waals surface area contributed by atoms with Crippen LogP contribution in [0.15, 0.2) is 79.4 Å². The molecule has 0 amide bonds. The summed E-state index contributed by atoms with van der Waals surface area (Å²) < 4.78 is 2.08. The fourth-order valence-electron chi connectivity index (χ4n) is 3.88. The number of nitrogens with zero attached hydrogens (tertiary/aromatic N) is 2. The number of hydrogen-bond donors (Lipinski definition) is 0. The lowest BCUT2D eigenvalue weighted by atomic mass is 9.67. The van der Waals surface area contributed by atoms with Crippen molar-refractivity contribution in [2.24, 2.45) is 11.3 Å². The van der Waals surface area contributed by atoms with E-state index in [9.17, 15) is 4.79 Å². The Kier molecular flexibility index (Phi) is 4.82. The predicted molar refractivity (Wildman–Crippen MR) is 105 cm³/mol. The maximum Gasteiger partial charge on any atom is 0.144 e. The van der Waals surface area contributed by atoms with E-state index in [1.165, 1.54) is 0 Å². The maximum atomic E-state index is 13.4. The van der Waals surface area contributed by atoms with Gasteiger partial charge in [-0.15, -0.1) is 0 Å². The van der Waals surface area contributed by atoms with Crippen molar-refractivity contribution in [1.82, 2.24) is 9.55 Å². The summed E-state index contributed by atoms with van der Waals surface area (Å²) in [4.78, 5) is 17.7. The van der Waals surface area contributed by atoms with Crippen LogP contribution < -0.4 is 0 Å². The number of carbonyl (C=O) groups is 1. The third kappa shape index (κ3) is 2.98. The summed E-state index contributed by atoms with van der Waals surface area (Å²) in [5.41, 5.74) is 1.07. The van der Waals surface area contributed by atoms with Crippen LogP contribution in [0.5, 0.6) is 0 Å². The van der Waals surface area contributed by atoms with Gasteiger partial charge in [0.25, 0.3) is 0 Å². The number of imidazole rings is 1. The van der Waals surface area contributed by atoms with E-state index in [2.05, 4.69) is 33.8 Å². The molecule has 134 valence electrons. The average molecular weight is 346 g/mol. The number of hydrogen-bond acceptors (Lipinski definition) is 2. The topological polar surface area (TPSA) is 34.9 Å². The lowest BCUT2D eigenvalue weighted by Gasteiger charge is -2.42. The number of rotatable bonds is 5. The zero-order valence-corrected chi connectivity index (χ0v) is 15.9. The fourth-order valence-corrected chi connectivity index (χ4v) is 3.88. The smallest absolute Gasteiger partial charge is 0.144 e. The largest absolute Gasteiger partial charge is 0.322 e. The Morgan fingerprint density at radius 2 is 1.42 bits per heavy atom. The second-order valence-corrected chi connectivity index (χ2v) is 7.80. The third-order valence-corrected chi connectivity index (χ3v) is 5.10. The van der Waals surface area contributed by atoms with E-state index < -0.39 is 11.0 Å². The molecule has 0 N–H and O–H groups in total. The van der Waals surface area contributed by atoms with Gasteiger partial charge in [0.1, 0.15) is 11.3 Å². The van der Waals surface area contributed by atoms with Crippen LogP contribution in [0.25, 0.3) is 0 Å². The highest BCUT2D eigenvalue weighted by atomic mass is 16.1. The van der Waals surface area contributed by atoms with Gasteiger partial charge in [0.15, 0.2) is 0 Å². The molecule has 0 bridgehead atoms. The van der Waals surface area contributed by atoms with Crippen LogP contribution in [0.2, 0.25) is 0 Å². The van der Waals surface area contributed by atoms with E-state index in [0.717, 1.165) is 11.1 Å². The predicted octanol–water partition coefficient (Wildman–Crippen LogP) is 4.93. The third-order valence-electron chi connectivity index (χ3n) is 5.10. The summed E-state index contributed by atoms with van der Waals surface area (Å²) in [5, 5.41) is 0. The number of ketones is 1. The first-order valence-corrected chi connectivity index (χ1v) is 9.02. The van der Waals surface area contributed by atoms with Gasteiger partial charge in [-0.1, -0.05) is 88.4 Å². The zero-order valence-electron chi connectivity index (χ0n) is 15.9. The van der Waals surface area contributed by atoms with Gasteiger partial charge in [-0.3, -0.25) is 4.79 Å². The highest BCUT2D eigenvalue weighted by Crippen LogP contribution is 2.43. The molecule has 3 aromatic rings. The second kappa shape index (κ2) is 6.91. The molecular formula is C23H26N2O. The molecule has 0 saturated carbocycles. The molecule has 3 rings (SSSR count). The van der Waals surface area contributed by atoms with Crippen molar-refractivity contribution in [1.29, 1.82) is 0 Å². The molecule has 3 heteroatoms. The van der Waals surface area contributed by atoms with Gasteiger partial charge in [0, 0.05) is 23.7 Å². The van der Waals surface area contributed by atoms with Crippen molar-refractivity contribution in [2.45, 2.75) is 33.2 Å². The average Bonchev–Trinajstić information content (AvgIpc) is 3.17. The first-order chi connectivity index (χ1) is 12.4. The van der Waals surface area contributed by atoms with Crippen molar-refractivity contribution in [3.05, 3.63) is 90.5 Å². The number of benzene rings is 2. The molecule has 2 aromatic carbocycles. The molecule has 26 heavy (non-hydrogen) atoms. The van der Waals surface area contributed by atoms with Crippen LogP contribution in [-0.2, 0) is 10.3 Å². The van der Waals surface area contributed by atoms with E-state index in [4.69, 9.17) is 0 Å². The van der Waals surface area contributed by atoms with Gasteiger partial charge >= 0.3 is 0 Å². The summed E-state index contributed by atoms with van der Waals surface area (Å²) >= 11 is 0. The Bertz CT molecular complexity index is 807. The lowest BCUT2D eigenvalue weighted by molar-refractivity contribution is -0.132. The molecule has 3 nitrogen and oxygen atoms in total. The van der Waals surface area contributed by atoms with Crippen LogP contribution in [0, 0.1) is 11.3 Å². The minimum absolute atomic E-state index is 0.221. The maximum absolute atomic E-state index is 13.4. The van der Waals surface area contributed by atoms with Crippen molar-refractivity contribution < 1.29 is 4.79 Å². The van der Waals surface area contributed by atoms with Crippen LogP contribution in [0.4, 0.5) is 0 Å². The summed E-state index contributed by atoms with van der Waals surface area (Å²) in [5.74, 6) is -0.0552. The number of carbonyl (C=O) groups excluding carboxylic acids is 1. The molecule has 1 unspecified atom stereocenters. The molecule has 0 saturated heterocycles. The molecule has 0 aliphatic heterocycles. The first-order valence-electron chi connectivity index (χ1n) is 9.02. The second-order valence-electron chi connectivity index (χ2n) is 7.80. The Labute approximate surface area is 155 Å². The van der Waals surface area contributed by atoms with E-state index in [0.29, 0.717) is 0 Å². The van der Waals surface area contributed by atoms with E-state index in [1.807, 2.05) is 76.6 Å². The summed E-state index contributed by atoms with van der Waals surface area (Å²) in [6.07, 6.45) is 5.54. The minimum atomic E-state index is -0.649. The van der Waals surface area contributed by atoms with Crippen LogP contribution in [0.3, 0.4) is 0 Å². The molecule has 0 spiro atoms. The van der Waals surface area contributed by atoms with Gasteiger partial charge in [0.2, 0.25) is 0 Å². The van der Waals surface area contributed by atoms with Crippen LogP contribution in [0.1, 0.15) is 38.8 Å². The van der Waals surface area contributed by atoms with E-state index >= 15 is 0 Å². The van der Waals surface area contributed by atoms with E-state index in [-0.39, 0.29) is 11.7 Å². The molecule has 0 radical (unpaired) electrons. The highest BCUT2D eigenvalue weighted by molar-refractivity contribution is 5.88. The molecule has 0 fully saturated rings. The van der Waals surface area contributed by atoms with Crippen molar-refractivity contribution in [2.75, 3.05) is 0 Å². The molecule has 1 aromatic heterocycles. The summed E-state index contributed by atoms with van der Waals surface area (Å²) in [6, 6.07) is 20.5. The summed E-state index contributed by atoms with van der Waals surface area (Å²) in [7, 11) is 0. The minimum Gasteiger partial charge on any atom is -0.322 e. The van der Waals surface area contributed by atoms with Gasteiger partial charge in [-0.25, -0.2) is 4.98 Å². The Morgan fingerprint density at radius 3 is 1.81 bits per heavy atom. The normalized spacial score (nSPS) is 13.4. The number of aromatic nitrogens is 2. The van der Waals surface area contributed by atoms with Crippen molar-refractivity contribution in [3.8, 4) is 0 Å². The first kappa shape index (κ1) is 18.1. The van der Waals surface area contributed by atoms with Gasteiger partial charge < -0.3 is 4.57 Å². The molecule has 1 atom stereocenters. The molecule has 1 heterocycles. The Balaban J connectivity index is 2.35. The van der Waals surface area contributed by atoms with E-state index in [1.54, 1.807) is 6.20 Å². The monoisotopic (exact) mass is 346 g/mol. The molecular weight excluding hydrogens is 320 g/mol. The zero-order chi connectivity index (χ0) is 18.8. The van der Waals surface area contributed by atoms with Crippen LogP contribution in [-0.4, -0.2) is 15.3 Å². The van der Waals surface area contributed by atoms with Gasteiger partial charge in [-0.05, 0) is 11.1 Å². The highest BCUT2D eigenvalue weighted by Gasteiger charge is 2.47. The number of Topliss-reactive ketones (excluding diaryl/α,β-unsaturated/α-hetero) is 1. The lowest BCUT2D eigenvalue weighted by Crippen LogP contribution is -2.48. The molecule has 0 aliphatic carbocycles. The Morgan fingerprint density at radius 1 is 0.923 bits per heavy atom. The SMILES string of the molecule is CC(C(=O)C(C)(C)C)C(c1ccccc1)(c1ccccc1)n1ccnc1. The van der Waals surface area contributed by atoms with Crippen molar-refractivity contribution in [3.63, 3.8) is 0 Å². The Hall–Kier alpha value is -2.68. The quantitative estimate of drug-likeness (QED) is 0.657. The van der Waals surface area contributed by atoms with Gasteiger partial charge in [0.05, 0.1) is 6.33 Å².